The minimum absolute atomic E-state index is 0.186. The van der Waals surface area contributed by atoms with Crippen LogP contribution in [0.4, 0.5) is 5.69 Å². The van der Waals surface area contributed by atoms with Crippen molar-refractivity contribution in [3.63, 3.8) is 0 Å². The van der Waals surface area contributed by atoms with Crippen molar-refractivity contribution in [3.05, 3.63) is 58.6 Å². The van der Waals surface area contributed by atoms with Crippen LogP contribution in [0.2, 0.25) is 5.02 Å². The van der Waals surface area contributed by atoms with Crippen LogP contribution in [0.15, 0.2) is 42.5 Å². The van der Waals surface area contributed by atoms with Gasteiger partial charge in [-0.2, -0.15) is 0 Å². The molecule has 0 saturated carbocycles. The number of ether oxygens (including phenoxy) is 1. The summed E-state index contributed by atoms with van der Waals surface area (Å²) >= 11 is 5.98. The summed E-state index contributed by atoms with van der Waals surface area (Å²) in [5.41, 5.74) is 6.62. The number of nitrogens with two attached hydrogens (primary N) is 1. The molecule has 4 N–H and O–H groups in total. The Morgan fingerprint density at radius 2 is 2.00 bits per heavy atom. The van der Waals surface area contributed by atoms with E-state index >= 15 is 0 Å². The van der Waals surface area contributed by atoms with E-state index in [1.165, 1.54) is 12.1 Å². The average Bonchev–Trinajstić information content (AvgIpc) is 2.52. The predicted octanol–water partition coefficient (Wildman–Crippen LogP) is 2.51. The predicted molar refractivity (Wildman–Crippen MR) is 86.9 cm³/mol. The largest absolute Gasteiger partial charge is 0.483 e. The lowest BCUT2D eigenvalue weighted by atomic mass is 10.1. The maximum Gasteiger partial charge on any atom is 0.335 e. The number of benzene rings is 2. The van der Waals surface area contributed by atoms with Gasteiger partial charge >= 0.3 is 5.97 Å². The Hall–Kier alpha value is -2.73. The number of hydrogen-bond acceptors (Lipinski definition) is 4. The van der Waals surface area contributed by atoms with Gasteiger partial charge in [-0.05, 0) is 36.4 Å². The normalized spacial score (nSPS) is 10.1. The van der Waals surface area contributed by atoms with Crippen LogP contribution >= 0.6 is 11.6 Å². The van der Waals surface area contributed by atoms with Gasteiger partial charge in [-0.25, -0.2) is 4.79 Å². The van der Waals surface area contributed by atoms with E-state index in [1.807, 2.05) is 0 Å². The van der Waals surface area contributed by atoms with Crippen LogP contribution in [0.1, 0.15) is 15.9 Å². The summed E-state index contributed by atoms with van der Waals surface area (Å²) in [7, 11) is 0. The molecule has 2 aromatic rings. The van der Waals surface area contributed by atoms with E-state index in [1.54, 1.807) is 30.3 Å². The van der Waals surface area contributed by atoms with Gasteiger partial charge in [0.1, 0.15) is 5.75 Å². The molecule has 120 valence electrons. The molecule has 0 saturated heterocycles. The van der Waals surface area contributed by atoms with E-state index in [4.69, 9.17) is 27.2 Å². The zero-order chi connectivity index (χ0) is 16.8. The van der Waals surface area contributed by atoms with Gasteiger partial charge in [0, 0.05) is 22.8 Å². The van der Waals surface area contributed by atoms with Crippen molar-refractivity contribution in [2.24, 2.45) is 5.73 Å². The SMILES string of the molecule is NC(=O)COc1ccc(Cl)cc1CNc1cccc(C(=O)O)c1. The molecule has 0 heterocycles. The molecule has 0 aromatic heterocycles. The number of primary amides is 1. The molecule has 0 aliphatic carbocycles. The van der Waals surface area contributed by atoms with Crippen LogP contribution in [-0.4, -0.2) is 23.6 Å². The quantitative estimate of drug-likeness (QED) is 0.722. The second-order valence-electron chi connectivity index (χ2n) is 4.75. The molecule has 2 aromatic carbocycles. The van der Waals surface area contributed by atoms with Gasteiger partial charge in [-0.3, -0.25) is 4.79 Å². The number of carbonyl (C=O) groups excluding carboxylic acids is 1. The summed E-state index contributed by atoms with van der Waals surface area (Å²) in [6.45, 7) is 0.112. The number of nitrogens with one attached hydrogen (secondary N) is 1. The number of carboxylic acid groups (broad SMARTS) is 1. The summed E-state index contributed by atoms with van der Waals surface area (Å²) in [6.07, 6.45) is 0. The third-order valence-corrected chi connectivity index (χ3v) is 3.22. The van der Waals surface area contributed by atoms with E-state index in [-0.39, 0.29) is 12.2 Å². The van der Waals surface area contributed by atoms with E-state index in [0.717, 1.165) is 5.56 Å². The highest BCUT2D eigenvalue weighted by Gasteiger charge is 2.08. The standard InChI is InChI=1S/C16H15ClN2O4/c17-12-4-5-14(23-9-15(18)20)11(6-12)8-19-13-3-1-2-10(7-13)16(21)22/h1-7,19H,8-9H2,(H2,18,20)(H,21,22). The Morgan fingerprint density at radius 3 is 2.70 bits per heavy atom. The molecule has 7 heteroatoms. The first kappa shape index (κ1) is 16.6. The van der Waals surface area contributed by atoms with E-state index in [0.29, 0.717) is 23.0 Å². The Kier molecular flexibility index (Phi) is 5.43. The monoisotopic (exact) mass is 334 g/mol. The molecule has 0 radical (unpaired) electrons. The van der Waals surface area contributed by atoms with Crippen LogP contribution in [0, 0.1) is 0 Å². The highest BCUT2D eigenvalue weighted by molar-refractivity contribution is 6.30. The summed E-state index contributed by atoms with van der Waals surface area (Å²) in [6, 6.07) is 11.4. The molecule has 0 unspecified atom stereocenters. The van der Waals surface area contributed by atoms with Crippen molar-refractivity contribution in [1.82, 2.24) is 0 Å². The number of hydrogen-bond donors (Lipinski definition) is 3. The summed E-state index contributed by atoms with van der Waals surface area (Å²) in [4.78, 5) is 21.8. The van der Waals surface area contributed by atoms with E-state index in [2.05, 4.69) is 5.32 Å². The summed E-state index contributed by atoms with van der Waals surface area (Å²) in [5.74, 6) is -1.09. The van der Waals surface area contributed by atoms with E-state index in [9.17, 15) is 9.59 Å². The molecule has 0 aliphatic heterocycles. The minimum atomic E-state index is -0.998. The number of carboxylic acids is 1. The van der Waals surface area contributed by atoms with Crippen molar-refractivity contribution in [2.75, 3.05) is 11.9 Å². The smallest absolute Gasteiger partial charge is 0.335 e. The zero-order valence-electron chi connectivity index (χ0n) is 12.1. The highest BCUT2D eigenvalue weighted by atomic mass is 35.5. The zero-order valence-corrected chi connectivity index (χ0v) is 12.8. The van der Waals surface area contributed by atoms with Gasteiger partial charge < -0.3 is 20.9 Å². The lowest BCUT2D eigenvalue weighted by molar-refractivity contribution is -0.119. The van der Waals surface area contributed by atoms with Crippen molar-refractivity contribution < 1.29 is 19.4 Å². The van der Waals surface area contributed by atoms with Gasteiger partial charge in [0.15, 0.2) is 6.61 Å². The number of carbonyl (C=O) groups is 2. The fourth-order valence-electron chi connectivity index (χ4n) is 1.94. The van der Waals surface area contributed by atoms with Crippen molar-refractivity contribution in [3.8, 4) is 5.75 Å². The number of amides is 1. The second-order valence-corrected chi connectivity index (χ2v) is 5.18. The number of anilines is 1. The molecular formula is C16H15ClN2O4. The lowest BCUT2D eigenvalue weighted by Gasteiger charge is -2.13. The van der Waals surface area contributed by atoms with Gasteiger partial charge in [0.25, 0.3) is 5.91 Å². The first-order valence-corrected chi connectivity index (χ1v) is 7.10. The van der Waals surface area contributed by atoms with Gasteiger partial charge in [0.2, 0.25) is 0 Å². The average molecular weight is 335 g/mol. The molecule has 6 nitrogen and oxygen atoms in total. The first-order chi connectivity index (χ1) is 11.0. The Morgan fingerprint density at radius 1 is 1.22 bits per heavy atom. The van der Waals surface area contributed by atoms with Gasteiger partial charge in [-0.15, -0.1) is 0 Å². The molecule has 0 aliphatic rings. The molecule has 1 amide bonds. The molecule has 0 spiro atoms. The van der Waals surface area contributed by atoms with Crippen LogP contribution < -0.4 is 15.8 Å². The maximum atomic E-state index is 11.0. The lowest BCUT2D eigenvalue weighted by Crippen LogP contribution is -2.20. The van der Waals surface area contributed by atoms with Crippen molar-refractivity contribution in [1.29, 1.82) is 0 Å². The topological polar surface area (TPSA) is 102 Å². The second kappa shape index (κ2) is 7.51. The Bertz CT molecular complexity index is 734. The molecule has 23 heavy (non-hydrogen) atoms. The van der Waals surface area contributed by atoms with E-state index < -0.39 is 11.9 Å². The highest BCUT2D eigenvalue weighted by Crippen LogP contribution is 2.24. The van der Waals surface area contributed by atoms with Gasteiger partial charge in [0.05, 0.1) is 5.56 Å². The minimum Gasteiger partial charge on any atom is -0.483 e. The van der Waals surface area contributed by atoms with Gasteiger partial charge in [-0.1, -0.05) is 17.7 Å². The van der Waals surface area contributed by atoms with Crippen LogP contribution in [0.25, 0.3) is 0 Å². The number of halogens is 1. The van der Waals surface area contributed by atoms with Crippen LogP contribution in [0.5, 0.6) is 5.75 Å². The van der Waals surface area contributed by atoms with Crippen molar-refractivity contribution in [2.45, 2.75) is 6.54 Å². The summed E-state index contributed by atoms with van der Waals surface area (Å²) < 4.78 is 5.34. The number of aromatic carboxylic acids is 1. The fourth-order valence-corrected chi connectivity index (χ4v) is 2.13. The maximum absolute atomic E-state index is 11.0. The molecule has 0 atom stereocenters. The molecule has 0 bridgehead atoms. The third kappa shape index (κ3) is 4.89. The molecular weight excluding hydrogens is 320 g/mol. The third-order valence-electron chi connectivity index (χ3n) is 2.98. The molecule has 0 fully saturated rings. The van der Waals surface area contributed by atoms with Crippen LogP contribution in [-0.2, 0) is 11.3 Å². The van der Waals surface area contributed by atoms with Crippen LogP contribution in [0.3, 0.4) is 0 Å². The number of rotatable bonds is 7. The first-order valence-electron chi connectivity index (χ1n) is 6.72. The van der Waals surface area contributed by atoms with Crippen molar-refractivity contribution >= 4 is 29.2 Å². The fraction of sp³-hybridized carbons (Fsp3) is 0.125. The Labute approximate surface area is 137 Å². The molecule has 2 rings (SSSR count). The Balaban J connectivity index is 2.13. The summed E-state index contributed by atoms with van der Waals surface area (Å²) in [5, 5.41) is 12.6.